The van der Waals surface area contributed by atoms with E-state index in [1.165, 1.54) is 0 Å². The van der Waals surface area contributed by atoms with Crippen molar-refractivity contribution in [2.24, 2.45) is 5.73 Å². The van der Waals surface area contributed by atoms with Gasteiger partial charge >= 0.3 is 0 Å². The molecule has 1 aliphatic rings. The van der Waals surface area contributed by atoms with Gasteiger partial charge in [0.1, 0.15) is 0 Å². The fourth-order valence-electron chi connectivity index (χ4n) is 2.01. The summed E-state index contributed by atoms with van der Waals surface area (Å²) in [5.74, 6) is -0.0735. The Morgan fingerprint density at radius 3 is 2.88 bits per heavy atom. The van der Waals surface area contributed by atoms with Gasteiger partial charge in [-0.3, -0.25) is 4.79 Å². The molecule has 5 heteroatoms. The summed E-state index contributed by atoms with van der Waals surface area (Å²) in [4.78, 5) is 11.9. The highest BCUT2D eigenvalue weighted by Crippen LogP contribution is 2.27. The van der Waals surface area contributed by atoms with Crippen molar-refractivity contribution in [3.63, 3.8) is 0 Å². The maximum atomic E-state index is 11.9. The Balaban J connectivity index is 1.89. The molecule has 0 aliphatic heterocycles. The molecule has 1 saturated carbocycles. The SMILES string of the molecule is NC1(C(=O)NCc2cccnn2)CCCC1. The van der Waals surface area contributed by atoms with E-state index in [4.69, 9.17) is 5.73 Å². The monoisotopic (exact) mass is 220 g/mol. The van der Waals surface area contributed by atoms with E-state index in [9.17, 15) is 4.79 Å². The number of aromatic nitrogens is 2. The zero-order valence-corrected chi connectivity index (χ0v) is 9.15. The van der Waals surface area contributed by atoms with Crippen molar-refractivity contribution in [1.29, 1.82) is 0 Å². The van der Waals surface area contributed by atoms with Crippen LogP contribution in [-0.2, 0) is 11.3 Å². The first-order valence-corrected chi connectivity index (χ1v) is 5.54. The van der Waals surface area contributed by atoms with Crippen LogP contribution in [-0.4, -0.2) is 21.6 Å². The zero-order valence-electron chi connectivity index (χ0n) is 9.15. The van der Waals surface area contributed by atoms with E-state index >= 15 is 0 Å². The lowest BCUT2D eigenvalue weighted by Crippen LogP contribution is -2.51. The average molecular weight is 220 g/mol. The van der Waals surface area contributed by atoms with Crippen LogP contribution < -0.4 is 11.1 Å². The molecule has 1 fully saturated rings. The minimum Gasteiger partial charge on any atom is -0.349 e. The molecule has 0 atom stereocenters. The van der Waals surface area contributed by atoms with Crippen molar-refractivity contribution in [3.8, 4) is 0 Å². The van der Waals surface area contributed by atoms with Gasteiger partial charge in [0.25, 0.3) is 0 Å². The van der Waals surface area contributed by atoms with E-state index in [1.807, 2.05) is 6.07 Å². The lowest BCUT2D eigenvalue weighted by atomic mass is 9.98. The first kappa shape index (κ1) is 11.0. The van der Waals surface area contributed by atoms with Crippen LogP contribution in [0, 0.1) is 0 Å². The summed E-state index contributed by atoms with van der Waals surface area (Å²) >= 11 is 0. The summed E-state index contributed by atoms with van der Waals surface area (Å²) in [6.07, 6.45) is 5.23. The van der Waals surface area contributed by atoms with Gasteiger partial charge in [-0.2, -0.15) is 10.2 Å². The summed E-state index contributed by atoms with van der Waals surface area (Å²) in [5.41, 5.74) is 6.10. The highest BCUT2D eigenvalue weighted by Gasteiger charge is 2.36. The van der Waals surface area contributed by atoms with Gasteiger partial charge in [-0.05, 0) is 25.0 Å². The van der Waals surface area contributed by atoms with Crippen LogP contribution in [0.4, 0.5) is 0 Å². The van der Waals surface area contributed by atoms with Crippen molar-refractivity contribution in [1.82, 2.24) is 15.5 Å². The first-order valence-electron chi connectivity index (χ1n) is 5.54. The molecule has 0 bridgehead atoms. The maximum Gasteiger partial charge on any atom is 0.240 e. The van der Waals surface area contributed by atoms with Gasteiger partial charge in [-0.15, -0.1) is 0 Å². The Kier molecular flexibility index (Phi) is 3.14. The molecule has 0 saturated heterocycles. The third-order valence-corrected chi connectivity index (χ3v) is 3.01. The van der Waals surface area contributed by atoms with E-state index in [-0.39, 0.29) is 5.91 Å². The minimum absolute atomic E-state index is 0.0735. The van der Waals surface area contributed by atoms with Crippen molar-refractivity contribution in [2.75, 3.05) is 0 Å². The van der Waals surface area contributed by atoms with Gasteiger partial charge in [0.15, 0.2) is 0 Å². The highest BCUT2D eigenvalue weighted by molar-refractivity contribution is 5.86. The van der Waals surface area contributed by atoms with Gasteiger partial charge in [0.05, 0.1) is 17.8 Å². The van der Waals surface area contributed by atoms with Gasteiger partial charge in [0.2, 0.25) is 5.91 Å². The lowest BCUT2D eigenvalue weighted by Gasteiger charge is -2.21. The van der Waals surface area contributed by atoms with Crippen molar-refractivity contribution in [3.05, 3.63) is 24.0 Å². The van der Waals surface area contributed by atoms with Crippen LogP contribution in [0.25, 0.3) is 0 Å². The minimum atomic E-state index is -0.664. The molecule has 0 radical (unpaired) electrons. The number of amides is 1. The fraction of sp³-hybridized carbons (Fsp3) is 0.545. The summed E-state index contributed by atoms with van der Waals surface area (Å²) in [5, 5.41) is 10.5. The van der Waals surface area contributed by atoms with E-state index in [0.717, 1.165) is 31.4 Å². The lowest BCUT2D eigenvalue weighted by molar-refractivity contribution is -0.126. The van der Waals surface area contributed by atoms with E-state index in [0.29, 0.717) is 6.54 Å². The van der Waals surface area contributed by atoms with Crippen molar-refractivity contribution < 1.29 is 4.79 Å². The number of nitrogens with one attached hydrogen (secondary N) is 1. The topological polar surface area (TPSA) is 80.9 Å². The number of carbonyl (C=O) groups excluding carboxylic acids is 1. The van der Waals surface area contributed by atoms with Crippen LogP contribution in [0.2, 0.25) is 0 Å². The largest absolute Gasteiger partial charge is 0.349 e. The molecule has 0 spiro atoms. The highest BCUT2D eigenvalue weighted by atomic mass is 16.2. The molecule has 1 aromatic rings. The van der Waals surface area contributed by atoms with Crippen molar-refractivity contribution >= 4 is 5.91 Å². The molecule has 0 unspecified atom stereocenters. The standard InChI is InChI=1S/C11H16N4O/c12-11(5-1-2-6-11)10(16)13-8-9-4-3-7-14-15-9/h3-4,7H,1-2,5-6,8,12H2,(H,13,16). The Bertz CT molecular complexity index is 360. The molecule has 0 aromatic carbocycles. The predicted octanol–water partition coefficient (Wildman–Crippen LogP) is 0.364. The smallest absolute Gasteiger partial charge is 0.240 e. The van der Waals surface area contributed by atoms with Crippen LogP contribution >= 0.6 is 0 Å². The van der Waals surface area contributed by atoms with Crippen LogP contribution in [0.1, 0.15) is 31.4 Å². The Labute approximate surface area is 94.4 Å². The number of hydrogen-bond donors (Lipinski definition) is 2. The number of nitrogens with zero attached hydrogens (tertiary/aromatic N) is 2. The van der Waals surface area contributed by atoms with Crippen molar-refractivity contribution in [2.45, 2.75) is 37.8 Å². The van der Waals surface area contributed by atoms with Gasteiger partial charge in [0, 0.05) is 6.20 Å². The molecule has 16 heavy (non-hydrogen) atoms. The fourth-order valence-corrected chi connectivity index (χ4v) is 2.01. The molecule has 1 aromatic heterocycles. The second-order valence-corrected chi connectivity index (χ2v) is 4.26. The zero-order chi connectivity index (χ0) is 11.4. The van der Waals surface area contributed by atoms with E-state index in [1.54, 1.807) is 12.3 Å². The molecule has 86 valence electrons. The molecular formula is C11H16N4O. The summed E-state index contributed by atoms with van der Waals surface area (Å²) < 4.78 is 0. The summed E-state index contributed by atoms with van der Waals surface area (Å²) in [6, 6.07) is 3.62. The molecule has 1 heterocycles. The maximum absolute atomic E-state index is 11.9. The Morgan fingerprint density at radius 1 is 1.50 bits per heavy atom. The number of nitrogens with two attached hydrogens (primary N) is 1. The predicted molar refractivity (Wildman–Crippen MR) is 59.3 cm³/mol. The molecule has 3 N–H and O–H groups in total. The number of hydrogen-bond acceptors (Lipinski definition) is 4. The molecule has 1 aliphatic carbocycles. The summed E-state index contributed by atoms with van der Waals surface area (Å²) in [6.45, 7) is 0.394. The third kappa shape index (κ3) is 2.36. The molecule has 1 amide bonds. The van der Waals surface area contributed by atoms with Gasteiger partial charge in [-0.25, -0.2) is 0 Å². The molecule has 2 rings (SSSR count). The average Bonchev–Trinajstić information content (AvgIpc) is 2.76. The van der Waals surface area contributed by atoms with Crippen LogP contribution in [0.15, 0.2) is 18.3 Å². The normalized spacial score (nSPS) is 18.3. The van der Waals surface area contributed by atoms with Crippen LogP contribution in [0.3, 0.4) is 0 Å². The van der Waals surface area contributed by atoms with Gasteiger partial charge < -0.3 is 11.1 Å². The second-order valence-electron chi connectivity index (χ2n) is 4.26. The van der Waals surface area contributed by atoms with E-state index < -0.39 is 5.54 Å². The Morgan fingerprint density at radius 2 is 2.25 bits per heavy atom. The Hall–Kier alpha value is -1.49. The summed E-state index contributed by atoms with van der Waals surface area (Å²) in [7, 11) is 0. The van der Waals surface area contributed by atoms with Gasteiger partial charge in [-0.1, -0.05) is 12.8 Å². The third-order valence-electron chi connectivity index (χ3n) is 3.01. The number of rotatable bonds is 3. The second kappa shape index (κ2) is 4.57. The number of carbonyl (C=O) groups is 1. The molecule has 5 nitrogen and oxygen atoms in total. The molecular weight excluding hydrogens is 204 g/mol. The first-order chi connectivity index (χ1) is 7.71. The van der Waals surface area contributed by atoms with Crippen LogP contribution in [0.5, 0.6) is 0 Å². The van der Waals surface area contributed by atoms with E-state index in [2.05, 4.69) is 15.5 Å². The quantitative estimate of drug-likeness (QED) is 0.771.